The smallest absolute Gasteiger partial charge is 0.334 e. The van der Waals surface area contributed by atoms with Gasteiger partial charge in [0.05, 0.1) is 0 Å². The van der Waals surface area contributed by atoms with Crippen LogP contribution in [0.15, 0.2) is 23.1 Å². The molecule has 6 heteroatoms. The highest BCUT2D eigenvalue weighted by Gasteiger charge is 2.42. The average molecular weight is 275 g/mol. The molecule has 0 radical (unpaired) electrons. The highest BCUT2D eigenvalue weighted by molar-refractivity contribution is 7.80. The molecule has 1 aromatic rings. The second-order valence-electron chi connectivity index (χ2n) is 4.24. The summed E-state index contributed by atoms with van der Waals surface area (Å²) < 4.78 is 37.1. The molecule has 1 aromatic carbocycles. The minimum absolute atomic E-state index is 0.0998. The SMILES string of the molecule is O=C(N1CCc2ccc(S)cc2CC1)C(F)(F)F. The first-order valence-corrected chi connectivity index (χ1v) is 5.99. The quantitative estimate of drug-likeness (QED) is 0.721. The van der Waals surface area contributed by atoms with Gasteiger partial charge < -0.3 is 4.90 Å². The number of fused-ring (bicyclic) bond motifs is 1. The number of nitrogens with zero attached hydrogens (tertiary/aromatic N) is 1. The highest BCUT2D eigenvalue weighted by atomic mass is 32.1. The summed E-state index contributed by atoms with van der Waals surface area (Å²) in [6.45, 7) is 0.208. The zero-order valence-electron chi connectivity index (χ0n) is 9.50. The number of alkyl halides is 3. The Bertz CT molecular complexity index is 473. The van der Waals surface area contributed by atoms with Crippen molar-refractivity contribution in [2.75, 3.05) is 13.1 Å². The van der Waals surface area contributed by atoms with Crippen LogP contribution in [0.5, 0.6) is 0 Å². The van der Waals surface area contributed by atoms with Gasteiger partial charge in [0.2, 0.25) is 0 Å². The van der Waals surface area contributed by atoms with Crippen LogP contribution >= 0.6 is 12.6 Å². The van der Waals surface area contributed by atoms with Crippen LogP contribution in [0.3, 0.4) is 0 Å². The summed E-state index contributed by atoms with van der Waals surface area (Å²) in [4.78, 5) is 12.8. The van der Waals surface area contributed by atoms with Gasteiger partial charge in [-0.25, -0.2) is 0 Å². The molecular weight excluding hydrogens is 263 g/mol. The van der Waals surface area contributed by atoms with Crippen LogP contribution in [0.4, 0.5) is 13.2 Å². The molecule has 0 bridgehead atoms. The number of amides is 1. The molecule has 18 heavy (non-hydrogen) atoms. The molecule has 98 valence electrons. The summed E-state index contributed by atoms with van der Waals surface area (Å²) in [5, 5.41) is 0. The second kappa shape index (κ2) is 4.84. The summed E-state index contributed by atoms with van der Waals surface area (Å²) in [6.07, 6.45) is -3.90. The maximum absolute atomic E-state index is 12.4. The maximum atomic E-state index is 12.4. The van der Waals surface area contributed by atoms with E-state index in [0.29, 0.717) is 12.8 Å². The Labute approximate surface area is 108 Å². The molecule has 0 saturated carbocycles. The summed E-state index contributed by atoms with van der Waals surface area (Å²) in [5.74, 6) is -1.75. The van der Waals surface area contributed by atoms with E-state index in [1.54, 1.807) is 0 Å². The second-order valence-corrected chi connectivity index (χ2v) is 4.76. The maximum Gasteiger partial charge on any atom is 0.471 e. The van der Waals surface area contributed by atoms with Crippen molar-refractivity contribution in [1.29, 1.82) is 0 Å². The minimum Gasteiger partial charge on any atom is -0.334 e. The average Bonchev–Trinajstić information content (AvgIpc) is 2.48. The molecule has 2 rings (SSSR count). The van der Waals surface area contributed by atoms with Gasteiger partial charge in [0.15, 0.2) is 0 Å². The van der Waals surface area contributed by atoms with Gasteiger partial charge in [-0.15, -0.1) is 12.6 Å². The van der Waals surface area contributed by atoms with Gasteiger partial charge in [-0.3, -0.25) is 4.79 Å². The normalized spacial score (nSPS) is 16.1. The van der Waals surface area contributed by atoms with Crippen LogP contribution in [0, 0.1) is 0 Å². The van der Waals surface area contributed by atoms with Crippen LogP contribution in [0.25, 0.3) is 0 Å². The van der Waals surface area contributed by atoms with Gasteiger partial charge in [0.25, 0.3) is 0 Å². The van der Waals surface area contributed by atoms with Crippen LogP contribution in [-0.4, -0.2) is 30.1 Å². The van der Waals surface area contributed by atoms with E-state index in [2.05, 4.69) is 12.6 Å². The topological polar surface area (TPSA) is 20.3 Å². The zero-order chi connectivity index (χ0) is 13.3. The van der Waals surface area contributed by atoms with Gasteiger partial charge in [0, 0.05) is 18.0 Å². The number of halogens is 3. The lowest BCUT2D eigenvalue weighted by Crippen LogP contribution is -2.42. The van der Waals surface area contributed by atoms with E-state index in [-0.39, 0.29) is 13.1 Å². The lowest BCUT2D eigenvalue weighted by atomic mass is 10.0. The fourth-order valence-electron chi connectivity index (χ4n) is 2.09. The van der Waals surface area contributed by atoms with Crippen molar-refractivity contribution in [1.82, 2.24) is 4.90 Å². The standard InChI is InChI=1S/C12H12F3NOS/c13-12(14,15)11(17)16-5-3-8-1-2-10(18)7-9(8)4-6-16/h1-2,7,18H,3-6H2. The summed E-state index contributed by atoms with van der Waals surface area (Å²) in [6, 6.07) is 5.52. The summed E-state index contributed by atoms with van der Waals surface area (Å²) in [7, 11) is 0. The first-order chi connectivity index (χ1) is 8.38. The van der Waals surface area contributed by atoms with E-state index in [1.165, 1.54) is 0 Å². The number of benzene rings is 1. The van der Waals surface area contributed by atoms with E-state index in [9.17, 15) is 18.0 Å². The van der Waals surface area contributed by atoms with Crippen molar-refractivity contribution in [2.24, 2.45) is 0 Å². The lowest BCUT2D eigenvalue weighted by Gasteiger charge is -2.21. The Balaban J connectivity index is 2.15. The number of carbonyl (C=O) groups is 1. The zero-order valence-corrected chi connectivity index (χ0v) is 10.4. The summed E-state index contributed by atoms with van der Waals surface area (Å²) in [5.41, 5.74) is 1.96. The first-order valence-electron chi connectivity index (χ1n) is 5.55. The lowest BCUT2D eigenvalue weighted by molar-refractivity contribution is -0.185. The molecule has 0 spiro atoms. The van der Waals surface area contributed by atoms with E-state index >= 15 is 0 Å². The number of rotatable bonds is 0. The van der Waals surface area contributed by atoms with Crippen molar-refractivity contribution in [2.45, 2.75) is 23.9 Å². The summed E-state index contributed by atoms with van der Waals surface area (Å²) >= 11 is 4.20. The third kappa shape index (κ3) is 2.80. The van der Waals surface area contributed by atoms with Gasteiger partial charge in [-0.05, 0) is 36.1 Å². The molecule has 1 amide bonds. The third-order valence-electron chi connectivity index (χ3n) is 3.02. The molecule has 0 fully saturated rings. The molecule has 0 unspecified atom stereocenters. The van der Waals surface area contributed by atoms with Crippen LogP contribution in [-0.2, 0) is 17.6 Å². The fraction of sp³-hybridized carbons (Fsp3) is 0.417. The highest BCUT2D eigenvalue weighted by Crippen LogP contribution is 2.23. The van der Waals surface area contributed by atoms with Crippen molar-refractivity contribution in [3.8, 4) is 0 Å². The monoisotopic (exact) mass is 275 g/mol. The van der Waals surface area contributed by atoms with Crippen LogP contribution in [0.1, 0.15) is 11.1 Å². The molecule has 0 N–H and O–H groups in total. The van der Waals surface area contributed by atoms with E-state index < -0.39 is 12.1 Å². The van der Waals surface area contributed by atoms with Gasteiger partial charge in [-0.1, -0.05) is 6.07 Å². The molecule has 1 aliphatic heterocycles. The predicted molar refractivity (Wildman–Crippen MR) is 63.7 cm³/mol. The molecule has 0 aromatic heterocycles. The molecule has 1 heterocycles. The van der Waals surface area contributed by atoms with Crippen LogP contribution in [0.2, 0.25) is 0 Å². The number of carbonyl (C=O) groups excluding carboxylic acids is 1. The molecule has 0 saturated heterocycles. The minimum atomic E-state index is -4.79. The van der Waals surface area contributed by atoms with Crippen molar-refractivity contribution in [3.05, 3.63) is 29.3 Å². The van der Waals surface area contributed by atoms with Crippen molar-refractivity contribution >= 4 is 18.5 Å². The largest absolute Gasteiger partial charge is 0.471 e. The van der Waals surface area contributed by atoms with E-state index in [4.69, 9.17) is 0 Å². The van der Waals surface area contributed by atoms with E-state index in [1.807, 2.05) is 18.2 Å². The Morgan fingerprint density at radius 2 is 1.78 bits per heavy atom. The Morgan fingerprint density at radius 1 is 1.17 bits per heavy atom. The van der Waals surface area contributed by atoms with Gasteiger partial charge >= 0.3 is 12.1 Å². The predicted octanol–water partition coefficient (Wildman–Crippen LogP) is 2.46. The number of hydrogen-bond donors (Lipinski definition) is 1. The van der Waals surface area contributed by atoms with Crippen LogP contribution < -0.4 is 0 Å². The third-order valence-corrected chi connectivity index (χ3v) is 3.30. The molecule has 0 aliphatic carbocycles. The number of thiol groups is 1. The van der Waals surface area contributed by atoms with E-state index in [0.717, 1.165) is 20.9 Å². The Hall–Kier alpha value is -1.17. The van der Waals surface area contributed by atoms with Crippen molar-refractivity contribution in [3.63, 3.8) is 0 Å². The number of hydrogen-bond acceptors (Lipinski definition) is 2. The Morgan fingerprint density at radius 3 is 2.39 bits per heavy atom. The molecule has 1 aliphatic rings. The Kier molecular flexibility index (Phi) is 3.56. The molecule has 2 nitrogen and oxygen atoms in total. The fourth-order valence-corrected chi connectivity index (χ4v) is 2.32. The van der Waals surface area contributed by atoms with Crippen molar-refractivity contribution < 1.29 is 18.0 Å². The molecular formula is C12H12F3NOS. The first kappa shape index (κ1) is 13.3. The van der Waals surface area contributed by atoms with Gasteiger partial charge in [0.1, 0.15) is 0 Å². The molecule has 0 atom stereocenters. The van der Waals surface area contributed by atoms with Gasteiger partial charge in [-0.2, -0.15) is 13.2 Å².